The molecule has 0 radical (unpaired) electrons. The van der Waals surface area contributed by atoms with Crippen molar-refractivity contribution in [1.29, 1.82) is 0 Å². The largest absolute Gasteiger partial charge is 0.454 e. The molecular weight excluding hydrogens is 472 g/mol. The van der Waals surface area contributed by atoms with Crippen molar-refractivity contribution in [3.63, 3.8) is 0 Å². The summed E-state index contributed by atoms with van der Waals surface area (Å²) in [6.07, 6.45) is 0. The minimum absolute atomic E-state index is 0.0457. The molecule has 4 aromatic rings. The number of thiazole rings is 1. The van der Waals surface area contributed by atoms with E-state index < -0.39 is 0 Å². The average Bonchev–Trinajstić information content (AvgIpc) is 3.48. The molecule has 5 rings (SSSR count). The molecule has 0 spiro atoms. The smallest absolute Gasteiger partial charge is 0.323 e. The highest BCUT2D eigenvalue weighted by atomic mass is 32.2. The first-order valence-electron chi connectivity index (χ1n) is 10.4. The number of hydrogen-bond acceptors (Lipinski definition) is 7. The number of nitrogens with zero attached hydrogens (tertiary/aromatic N) is 1. The minimum Gasteiger partial charge on any atom is -0.454 e. The molecule has 1 aromatic heterocycles. The Labute approximate surface area is 203 Å². The van der Waals surface area contributed by atoms with Gasteiger partial charge in [0, 0.05) is 24.0 Å². The molecule has 3 aromatic carbocycles. The Morgan fingerprint density at radius 1 is 0.941 bits per heavy atom. The SMILES string of the molecule is O=C(CSc1nc2ccc(NC(=O)Nc3ccc4c(c3)OCO4)cc2s1)NCc1ccccc1. The zero-order valence-corrected chi connectivity index (χ0v) is 19.5. The molecular formula is C24H20N4O4S2. The summed E-state index contributed by atoms with van der Waals surface area (Å²) in [6, 6.07) is 20.1. The normalized spacial score (nSPS) is 11.9. The van der Waals surface area contributed by atoms with E-state index in [0.717, 1.165) is 20.1 Å². The van der Waals surface area contributed by atoms with Gasteiger partial charge in [-0.05, 0) is 35.9 Å². The Morgan fingerprint density at radius 3 is 2.56 bits per heavy atom. The number of urea groups is 1. The molecule has 0 fully saturated rings. The number of amides is 3. The molecule has 34 heavy (non-hydrogen) atoms. The second kappa shape index (κ2) is 10.0. The standard InChI is InChI=1S/C24H20N4O4S2/c29-22(25-12-15-4-2-1-3-5-15)13-33-24-28-18-8-6-17(11-21(18)34-24)27-23(30)26-16-7-9-19-20(10-16)32-14-31-19/h1-11H,12-14H2,(H,25,29)(H2,26,27,30). The van der Waals surface area contributed by atoms with Crippen molar-refractivity contribution in [1.82, 2.24) is 10.3 Å². The molecule has 10 heteroatoms. The fraction of sp³-hybridized carbons (Fsp3) is 0.125. The van der Waals surface area contributed by atoms with Gasteiger partial charge in [0.2, 0.25) is 12.7 Å². The number of carbonyl (C=O) groups excluding carboxylic acids is 2. The lowest BCUT2D eigenvalue weighted by molar-refractivity contribution is -0.118. The first kappa shape index (κ1) is 22.1. The lowest BCUT2D eigenvalue weighted by Gasteiger charge is -2.08. The molecule has 0 unspecified atom stereocenters. The predicted molar refractivity (Wildman–Crippen MR) is 134 cm³/mol. The predicted octanol–water partition coefficient (Wildman–Crippen LogP) is 5.08. The van der Waals surface area contributed by atoms with E-state index in [0.29, 0.717) is 29.4 Å². The average molecular weight is 493 g/mol. The summed E-state index contributed by atoms with van der Waals surface area (Å²) in [5.74, 6) is 1.50. The Hall–Kier alpha value is -3.76. The molecule has 1 aliphatic heterocycles. The Balaban J connectivity index is 1.15. The van der Waals surface area contributed by atoms with Gasteiger partial charge in [0.05, 0.1) is 16.0 Å². The quantitative estimate of drug-likeness (QED) is 0.311. The van der Waals surface area contributed by atoms with E-state index in [1.807, 2.05) is 42.5 Å². The van der Waals surface area contributed by atoms with Crippen molar-refractivity contribution in [3.8, 4) is 11.5 Å². The highest BCUT2D eigenvalue weighted by Crippen LogP contribution is 2.34. The van der Waals surface area contributed by atoms with Gasteiger partial charge in [0.1, 0.15) is 0 Å². The molecule has 2 heterocycles. The summed E-state index contributed by atoms with van der Waals surface area (Å²) < 4.78 is 12.3. The van der Waals surface area contributed by atoms with Gasteiger partial charge in [-0.2, -0.15) is 0 Å². The van der Waals surface area contributed by atoms with Gasteiger partial charge in [-0.3, -0.25) is 4.79 Å². The zero-order valence-electron chi connectivity index (χ0n) is 17.9. The van der Waals surface area contributed by atoms with Crippen LogP contribution in [0.25, 0.3) is 10.2 Å². The van der Waals surface area contributed by atoms with Crippen molar-refractivity contribution in [2.24, 2.45) is 0 Å². The zero-order chi connectivity index (χ0) is 23.3. The molecule has 3 amide bonds. The van der Waals surface area contributed by atoms with Crippen LogP contribution in [0, 0.1) is 0 Å². The van der Waals surface area contributed by atoms with Crippen LogP contribution < -0.4 is 25.4 Å². The first-order valence-corrected chi connectivity index (χ1v) is 12.2. The Bertz CT molecular complexity index is 1340. The van der Waals surface area contributed by atoms with Crippen molar-refractivity contribution in [2.45, 2.75) is 10.9 Å². The Kier molecular flexibility index (Phi) is 6.50. The number of hydrogen-bond donors (Lipinski definition) is 3. The molecule has 0 bridgehead atoms. The summed E-state index contributed by atoms with van der Waals surface area (Å²) in [6.45, 7) is 0.682. The number of carbonyl (C=O) groups is 2. The van der Waals surface area contributed by atoms with E-state index in [2.05, 4.69) is 20.9 Å². The maximum atomic E-state index is 12.4. The van der Waals surface area contributed by atoms with Crippen molar-refractivity contribution in [2.75, 3.05) is 23.2 Å². The summed E-state index contributed by atoms with van der Waals surface area (Å²) in [5.41, 5.74) is 3.12. The lowest BCUT2D eigenvalue weighted by Crippen LogP contribution is -2.24. The van der Waals surface area contributed by atoms with E-state index in [4.69, 9.17) is 9.47 Å². The van der Waals surface area contributed by atoms with Crippen molar-refractivity contribution < 1.29 is 19.1 Å². The fourth-order valence-corrected chi connectivity index (χ4v) is 5.22. The van der Waals surface area contributed by atoms with Gasteiger partial charge in [-0.1, -0.05) is 42.1 Å². The van der Waals surface area contributed by atoms with E-state index in [1.165, 1.54) is 23.1 Å². The van der Waals surface area contributed by atoms with Gasteiger partial charge in [0.15, 0.2) is 15.8 Å². The lowest BCUT2D eigenvalue weighted by atomic mass is 10.2. The third-order valence-electron chi connectivity index (χ3n) is 4.92. The molecule has 1 aliphatic rings. The van der Waals surface area contributed by atoms with Crippen LogP contribution in [0.5, 0.6) is 11.5 Å². The van der Waals surface area contributed by atoms with Crippen LogP contribution in [0.3, 0.4) is 0 Å². The third kappa shape index (κ3) is 5.41. The minimum atomic E-state index is -0.368. The summed E-state index contributed by atoms with van der Waals surface area (Å²) in [4.78, 5) is 29.1. The highest BCUT2D eigenvalue weighted by Gasteiger charge is 2.14. The first-order chi connectivity index (χ1) is 16.6. The van der Waals surface area contributed by atoms with Crippen LogP contribution in [-0.2, 0) is 11.3 Å². The summed E-state index contributed by atoms with van der Waals surface area (Å²) in [5, 5.41) is 8.53. The second-order valence-corrected chi connectivity index (χ2v) is 9.61. The number of fused-ring (bicyclic) bond motifs is 2. The van der Waals surface area contributed by atoms with Crippen LogP contribution in [-0.4, -0.2) is 29.5 Å². The molecule has 8 nitrogen and oxygen atoms in total. The van der Waals surface area contributed by atoms with E-state index >= 15 is 0 Å². The molecule has 0 atom stereocenters. The summed E-state index contributed by atoms with van der Waals surface area (Å²) in [7, 11) is 0. The molecule has 0 aliphatic carbocycles. The van der Waals surface area contributed by atoms with Crippen molar-refractivity contribution >= 4 is 56.6 Å². The number of nitrogens with one attached hydrogen (secondary N) is 3. The summed E-state index contributed by atoms with van der Waals surface area (Å²) >= 11 is 2.88. The van der Waals surface area contributed by atoms with Crippen LogP contribution in [0.4, 0.5) is 16.2 Å². The van der Waals surface area contributed by atoms with Crippen molar-refractivity contribution in [3.05, 3.63) is 72.3 Å². The third-order valence-corrected chi connectivity index (χ3v) is 7.08. The van der Waals surface area contributed by atoms with Crippen LogP contribution in [0.15, 0.2) is 71.1 Å². The van der Waals surface area contributed by atoms with Gasteiger partial charge in [-0.25, -0.2) is 9.78 Å². The Morgan fingerprint density at radius 2 is 1.71 bits per heavy atom. The number of benzene rings is 3. The van der Waals surface area contributed by atoms with E-state index in [1.54, 1.807) is 24.3 Å². The molecule has 0 saturated carbocycles. The highest BCUT2D eigenvalue weighted by molar-refractivity contribution is 8.01. The van der Waals surface area contributed by atoms with Gasteiger partial charge >= 0.3 is 6.03 Å². The fourth-order valence-electron chi connectivity index (χ4n) is 3.29. The van der Waals surface area contributed by atoms with Gasteiger partial charge < -0.3 is 25.4 Å². The maximum Gasteiger partial charge on any atom is 0.323 e. The van der Waals surface area contributed by atoms with Crippen LogP contribution in [0.2, 0.25) is 0 Å². The number of aromatic nitrogens is 1. The van der Waals surface area contributed by atoms with Crippen LogP contribution >= 0.6 is 23.1 Å². The monoisotopic (exact) mass is 492 g/mol. The second-order valence-electron chi connectivity index (χ2n) is 7.36. The van der Waals surface area contributed by atoms with Gasteiger partial charge in [0.25, 0.3) is 0 Å². The molecule has 172 valence electrons. The van der Waals surface area contributed by atoms with E-state index in [9.17, 15) is 9.59 Å². The van der Waals surface area contributed by atoms with Crippen LogP contribution in [0.1, 0.15) is 5.56 Å². The number of ether oxygens (including phenoxy) is 2. The van der Waals surface area contributed by atoms with E-state index in [-0.39, 0.29) is 24.5 Å². The topological polar surface area (TPSA) is 102 Å². The maximum absolute atomic E-state index is 12.4. The molecule has 0 saturated heterocycles. The number of rotatable bonds is 7. The number of thioether (sulfide) groups is 1. The number of anilines is 2. The van der Waals surface area contributed by atoms with Gasteiger partial charge in [-0.15, -0.1) is 11.3 Å². The molecule has 3 N–H and O–H groups in total.